The average molecular weight is 1100 g/mol. The van der Waals surface area contributed by atoms with E-state index in [-0.39, 0.29) is 62.5 Å². The van der Waals surface area contributed by atoms with E-state index in [1.165, 1.54) is 24.0 Å². The minimum absolute atomic E-state index is 0.0212. The van der Waals surface area contributed by atoms with Crippen LogP contribution in [0.4, 0.5) is 5.69 Å². The highest BCUT2D eigenvalue weighted by atomic mass is 16.6. The number of esters is 1. The molecule has 26 heteroatoms. The van der Waals surface area contributed by atoms with Gasteiger partial charge in [0, 0.05) is 43.8 Å². The first-order chi connectivity index (χ1) is 38.0. The van der Waals surface area contributed by atoms with E-state index in [9.17, 15) is 33.6 Å². The van der Waals surface area contributed by atoms with Gasteiger partial charge in [0.1, 0.15) is 31.6 Å². The van der Waals surface area contributed by atoms with Gasteiger partial charge in [-0.05, 0) is 75.1 Å². The quantitative estimate of drug-likeness (QED) is 0.0336. The lowest BCUT2D eigenvalue weighted by molar-refractivity contribution is -0.142. The molecule has 2 aromatic rings. The SMILES string of the molecule is CC(=O)OCc1ccc(NC(=O)[C@H](CCCCN)NC(=O)COCC(=O)NCCOCCOCCOCCOCCOCCOCCOCCOCCn2cc(CNC(=O)[C@H]3CC[C@H](CN4C(=O)C=CC4=O)CC3)nn2)cc1. The summed E-state index contributed by atoms with van der Waals surface area (Å²) in [7, 11) is 0. The first kappa shape index (κ1) is 64.7. The van der Waals surface area contributed by atoms with E-state index < -0.39 is 36.3 Å². The summed E-state index contributed by atoms with van der Waals surface area (Å²) in [5.74, 6) is -2.21. The number of benzene rings is 1. The second kappa shape index (κ2) is 40.4. The predicted octanol–water partition coefficient (Wildman–Crippen LogP) is 0.207. The summed E-state index contributed by atoms with van der Waals surface area (Å²) < 4.78 is 56.1. The highest BCUT2D eigenvalue weighted by Gasteiger charge is 2.31. The number of nitrogens with two attached hydrogens (primary N) is 1. The number of carbonyl (C=O) groups is 7. The molecular formula is C52H81N9O17. The Kier molecular flexibility index (Phi) is 33.5. The third-order valence-corrected chi connectivity index (χ3v) is 12.0. The summed E-state index contributed by atoms with van der Waals surface area (Å²) in [4.78, 5) is 86.5. The molecule has 1 aromatic heterocycles. The lowest BCUT2D eigenvalue weighted by Crippen LogP contribution is -2.45. The molecule has 0 saturated heterocycles. The van der Waals surface area contributed by atoms with Crippen molar-refractivity contribution in [2.45, 2.75) is 77.6 Å². The zero-order chi connectivity index (χ0) is 55.8. The normalized spacial score (nSPS) is 15.6. The van der Waals surface area contributed by atoms with Crippen molar-refractivity contribution in [1.29, 1.82) is 0 Å². The molecule has 0 spiro atoms. The highest BCUT2D eigenvalue weighted by molar-refractivity contribution is 6.12. The fraction of sp³-hybridized carbons (Fsp3) is 0.673. The number of unbranched alkanes of at least 4 members (excludes halogenated alkanes) is 1. The number of aromatic nitrogens is 3. The maximum absolute atomic E-state index is 13.0. The Morgan fingerprint density at radius 1 is 0.667 bits per heavy atom. The van der Waals surface area contributed by atoms with E-state index in [2.05, 4.69) is 31.6 Å². The van der Waals surface area contributed by atoms with Gasteiger partial charge in [-0.25, -0.2) is 4.68 Å². The number of hydrogen-bond acceptors (Lipinski definition) is 20. The molecule has 0 bridgehead atoms. The molecular weight excluding hydrogens is 1020 g/mol. The standard InChI is InChI=1S/C52H81N9O17/c1-40(62)78-37-42-7-11-44(12-8-42)56-52(68)46(4-2-3-15-53)57-48(64)39-77-38-47(63)54-16-18-69-20-22-71-24-26-73-28-30-75-32-33-76-31-29-74-27-25-72-23-21-70-19-17-60-36-45(58-59-60)34-55-51(67)43-9-5-41(6-10-43)35-61-49(65)13-14-50(61)66/h7-8,11-14,36,41,43,46H,2-6,9-10,15-35,37-39,53H2,1H3,(H,54,63)(H,55,67)(H,56,68)(H,57,64)/t41-,43-,46-/m0/s1. The number of nitrogens with zero attached hydrogens (tertiary/aromatic N) is 4. The summed E-state index contributed by atoms with van der Waals surface area (Å²) >= 11 is 0. The van der Waals surface area contributed by atoms with Gasteiger partial charge in [0.25, 0.3) is 11.8 Å². The van der Waals surface area contributed by atoms with Gasteiger partial charge >= 0.3 is 5.97 Å². The Hall–Kier alpha value is -5.81. The largest absolute Gasteiger partial charge is 0.461 e. The van der Waals surface area contributed by atoms with Crippen LogP contribution in [0.25, 0.3) is 0 Å². The number of hydrogen-bond donors (Lipinski definition) is 5. The van der Waals surface area contributed by atoms with Gasteiger partial charge < -0.3 is 74.4 Å². The van der Waals surface area contributed by atoms with Crippen molar-refractivity contribution in [2.75, 3.05) is 144 Å². The van der Waals surface area contributed by atoms with Crippen LogP contribution in [0.3, 0.4) is 0 Å². The fourth-order valence-electron chi connectivity index (χ4n) is 7.77. The van der Waals surface area contributed by atoms with Gasteiger partial charge in [-0.3, -0.25) is 38.5 Å². The van der Waals surface area contributed by atoms with Crippen molar-refractivity contribution in [2.24, 2.45) is 17.6 Å². The molecule has 2 aliphatic rings. The number of ether oxygens (including phenoxy) is 10. The van der Waals surface area contributed by atoms with Crippen molar-refractivity contribution >= 4 is 47.1 Å². The van der Waals surface area contributed by atoms with Crippen molar-refractivity contribution in [3.05, 3.63) is 53.9 Å². The Labute approximate surface area is 455 Å². The van der Waals surface area contributed by atoms with Gasteiger partial charge in [-0.15, -0.1) is 5.10 Å². The van der Waals surface area contributed by atoms with E-state index in [0.717, 1.165) is 18.4 Å². The van der Waals surface area contributed by atoms with E-state index in [0.29, 0.717) is 162 Å². The van der Waals surface area contributed by atoms with Crippen molar-refractivity contribution in [3.8, 4) is 0 Å². The van der Waals surface area contributed by atoms with E-state index in [1.54, 1.807) is 35.1 Å². The zero-order valence-corrected chi connectivity index (χ0v) is 45.0. The Bertz CT molecular complexity index is 2070. The molecule has 1 aromatic carbocycles. The minimum atomic E-state index is -0.841. The smallest absolute Gasteiger partial charge is 0.302 e. The predicted molar refractivity (Wildman–Crippen MR) is 279 cm³/mol. The van der Waals surface area contributed by atoms with Crippen LogP contribution in [0, 0.1) is 11.8 Å². The van der Waals surface area contributed by atoms with Crippen LogP contribution in [0.2, 0.25) is 0 Å². The summed E-state index contributed by atoms with van der Waals surface area (Å²) in [5.41, 5.74) is 7.53. The Balaban J connectivity index is 0.829. The van der Waals surface area contributed by atoms with E-state index >= 15 is 0 Å². The minimum Gasteiger partial charge on any atom is -0.461 e. The van der Waals surface area contributed by atoms with Gasteiger partial charge in [0.2, 0.25) is 23.6 Å². The summed E-state index contributed by atoms with van der Waals surface area (Å²) in [6.07, 6.45) is 9.05. The van der Waals surface area contributed by atoms with Crippen LogP contribution in [-0.4, -0.2) is 206 Å². The summed E-state index contributed by atoms with van der Waals surface area (Å²) in [6, 6.07) is 5.95. The Morgan fingerprint density at radius 3 is 1.76 bits per heavy atom. The first-order valence-corrected chi connectivity index (χ1v) is 26.7. The molecule has 4 rings (SSSR count). The average Bonchev–Trinajstić information content (AvgIpc) is 4.03. The molecule has 436 valence electrons. The van der Waals surface area contributed by atoms with Crippen LogP contribution in [0.5, 0.6) is 0 Å². The number of imide groups is 1. The fourth-order valence-corrected chi connectivity index (χ4v) is 7.77. The zero-order valence-electron chi connectivity index (χ0n) is 45.0. The number of rotatable bonds is 45. The summed E-state index contributed by atoms with van der Waals surface area (Å²) in [5, 5.41) is 19.3. The van der Waals surface area contributed by atoms with Gasteiger partial charge in [0.15, 0.2) is 0 Å². The van der Waals surface area contributed by atoms with Crippen LogP contribution in [-0.2, 0) is 101 Å². The molecule has 1 aliphatic carbocycles. The molecule has 1 fully saturated rings. The highest BCUT2D eigenvalue weighted by Crippen LogP contribution is 2.30. The maximum atomic E-state index is 13.0. The lowest BCUT2D eigenvalue weighted by Gasteiger charge is -2.29. The number of anilines is 1. The second-order valence-corrected chi connectivity index (χ2v) is 18.1. The van der Waals surface area contributed by atoms with Gasteiger partial charge in [0.05, 0.1) is 125 Å². The van der Waals surface area contributed by atoms with E-state index in [1.807, 2.05) is 0 Å². The molecule has 26 nitrogen and oxygen atoms in total. The molecule has 1 atom stereocenters. The van der Waals surface area contributed by atoms with Gasteiger partial charge in [-0.1, -0.05) is 17.3 Å². The molecule has 78 heavy (non-hydrogen) atoms. The van der Waals surface area contributed by atoms with Crippen molar-refractivity contribution < 1.29 is 80.9 Å². The van der Waals surface area contributed by atoms with Crippen LogP contribution < -0.4 is 27.0 Å². The topological polar surface area (TPSA) is 320 Å². The van der Waals surface area contributed by atoms with Crippen LogP contribution >= 0.6 is 0 Å². The third kappa shape index (κ3) is 29.2. The first-order valence-electron chi connectivity index (χ1n) is 26.7. The van der Waals surface area contributed by atoms with Crippen molar-refractivity contribution in [3.63, 3.8) is 0 Å². The second-order valence-electron chi connectivity index (χ2n) is 18.1. The molecule has 6 N–H and O–H groups in total. The van der Waals surface area contributed by atoms with Gasteiger partial charge in [-0.2, -0.15) is 0 Å². The number of nitrogens with one attached hydrogen (secondary N) is 4. The molecule has 0 radical (unpaired) electrons. The third-order valence-electron chi connectivity index (χ3n) is 12.0. The molecule has 1 saturated carbocycles. The monoisotopic (exact) mass is 1100 g/mol. The van der Waals surface area contributed by atoms with Crippen LogP contribution in [0.1, 0.15) is 63.1 Å². The number of carbonyl (C=O) groups excluding carboxylic acids is 7. The molecule has 1 aliphatic heterocycles. The van der Waals surface area contributed by atoms with Crippen LogP contribution in [0.15, 0.2) is 42.6 Å². The molecule has 2 heterocycles. The molecule has 6 amide bonds. The molecule has 0 unspecified atom stereocenters. The number of amides is 6. The van der Waals surface area contributed by atoms with Crippen molar-refractivity contribution in [1.82, 2.24) is 35.8 Å². The maximum Gasteiger partial charge on any atom is 0.302 e. The lowest BCUT2D eigenvalue weighted by atomic mass is 9.81. The summed E-state index contributed by atoms with van der Waals surface area (Å²) in [6.45, 7) is 9.01. The van der Waals surface area contributed by atoms with E-state index in [4.69, 9.17) is 53.1 Å². The Morgan fingerprint density at radius 2 is 1.21 bits per heavy atom.